The van der Waals surface area contributed by atoms with Crippen LogP contribution in [0.1, 0.15) is 23.2 Å². The predicted octanol–water partition coefficient (Wildman–Crippen LogP) is 2.66. The molecule has 1 atom stereocenters. The van der Waals surface area contributed by atoms with Crippen LogP contribution in [-0.4, -0.2) is 41.0 Å². The Morgan fingerprint density at radius 1 is 1.14 bits per heavy atom. The van der Waals surface area contributed by atoms with E-state index in [1.165, 1.54) is 23.5 Å². The highest BCUT2D eigenvalue weighted by Gasteiger charge is 2.21. The summed E-state index contributed by atoms with van der Waals surface area (Å²) in [5.41, 5.74) is 1.04. The van der Waals surface area contributed by atoms with Gasteiger partial charge in [-0.25, -0.2) is 8.42 Å². The third-order valence-electron chi connectivity index (χ3n) is 4.90. The van der Waals surface area contributed by atoms with Gasteiger partial charge in [0.2, 0.25) is 0 Å². The lowest BCUT2D eigenvalue weighted by molar-refractivity contribution is 0.0951. The van der Waals surface area contributed by atoms with Crippen molar-refractivity contribution < 1.29 is 13.2 Å². The average Bonchev–Trinajstić information content (AvgIpc) is 3.21. The van der Waals surface area contributed by atoms with Crippen LogP contribution in [0.3, 0.4) is 0 Å². The molecule has 1 unspecified atom stereocenters. The first-order valence-corrected chi connectivity index (χ1v) is 10.6. The van der Waals surface area contributed by atoms with Crippen molar-refractivity contribution in [3.05, 3.63) is 60.2 Å². The van der Waals surface area contributed by atoms with Crippen LogP contribution in [0.4, 0.5) is 5.69 Å². The van der Waals surface area contributed by atoms with Gasteiger partial charge in [-0.05, 0) is 68.2 Å². The molecule has 6 nitrogen and oxygen atoms in total. The molecule has 3 rings (SSSR count). The minimum absolute atomic E-state index is 0. The zero-order valence-corrected chi connectivity index (χ0v) is 17.4. The molecule has 1 amide bonds. The summed E-state index contributed by atoms with van der Waals surface area (Å²) in [7, 11) is -2.15. The number of rotatable bonds is 7. The Hall–Kier alpha value is -2.09. The molecule has 0 aromatic heterocycles. The van der Waals surface area contributed by atoms with E-state index in [1.54, 1.807) is 36.4 Å². The molecule has 0 spiro atoms. The van der Waals surface area contributed by atoms with Crippen LogP contribution < -0.4 is 14.9 Å². The van der Waals surface area contributed by atoms with Crippen LogP contribution in [0, 0.1) is 5.92 Å². The lowest BCUT2D eigenvalue weighted by Crippen LogP contribution is -2.27. The van der Waals surface area contributed by atoms with Crippen molar-refractivity contribution in [1.82, 2.24) is 10.6 Å². The Balaban J connectivity index is 0.00000280. The van der Waals surface area contributed by atoms with Gasteiger partial charge in [-0.2, -0.15) is 0 Å². The average molecular weight is 424 g/mol. The zero-order chi connectivity index (χ0) is 19.3. The molecule has 0 bridgehead atoms. The van der Waals surface area contributed by atoms with Crippen molar-refractivity contribution in [1.29, 1.82) is 0 Å². The molecule has 0 radical (unpaired) electrons. The number of hydrogen-bond acceptors (Lipinski definition) is 4. The molecule has 1 fully saturated rings. The highest BCUT2D eigenvalue weighted by Crippen LogP contribution is 2.22. The first-order valence-electron chi connectivity index (χ1n) is 9.11. The van der Waals surface area contributed by atoms with Gasteiger partial charge in [0.05, 0.1) is 10.6 Å². The van der Waals surface area contributed by atoms with Gasteiger partial charge >= 0.3 is 0 Å². The van der Waals surface area contributed by atoms with Crippen LogP contribution in [0.5, 0.6) is 0 Å². The van der Waals surface area contributed by atoms with Gasteiger partial charge in [0.1, 0.15) is 0 Å². The monoisotopic (exact) mass is 423 g/mol. The Kier molecular flexibility index (Phi) is 7.86. The van der Waals surface area contributed by atoms with E-state index in [0.717, 1.165) is 25.9 Å². The van der Waals surface area contributed by atoms with E-state index in [0.29, 0.717) is 23.7 Å². The van der Waals surface area contributed by atoms with Crippen molar-refractivity contribution in [2.75, 3.05) is 31.0 Å². The largest absolute Gasteiger partial charge is 0.352 e. The normalized spacial score (nSPS) is 16.2. The summed E-state index contributed by atoms with van der Waals surface area (Å²) in [5, 5.41) is 6.22. The van der Waals surface area contributed by atoms with E-state index in [-0.39, 0.29) is 23.2 Å². The number of halogens is 1. The second kappa shape index (κ2) is 9.91. The number of nitrogens with one attached hydrogen (secondary N) is 2. The molecule has 1 saturated heterocycles. The Bertz CT molecular complexity index is 867. The Labute approximate surface area is 172 Å². The molecule has 28 heavy (non-hydrogen) atoms. The van der Waals surface area contributed by atoms with Gasteiger partial charge < -0.3 is 10.6 Å². The second-order valence-electron chi connectivity index (χ2n) is 6.74. The van der Waals surface area contributed by atoms with Crippen LogP contribution in [0.15, 0.2) is 59.5 Å². The number of carbonyl (C=O) groups excluding carboxylic acids is 1. The van der Waals surface area contributed by atoms with Crippen LogP contribution in [0.25, 0.3) is 0 Å². The standard InChI is InChI=1S/C20H25N3O3S.ClH/c1-23(18-5-3-2-4-6-18)27(25,26)19-9-7-17(8-10-19)20(24)22-14-12-16-11-13-21-15-16;/h2-10,16,21H,11-15H2,1H3,(H,22,24);1H. The molecule has 8 heteroatoms. The molecular weight excluding hydrogens is 398 g/mol. The summed E-state index contributed by atoms with van der Waals surface area (Å²) in [5.74, 6) is 0.438. The fraction of sp³-hybridized carbons (Fsp3) is 0.350. The van der Waals surface area contributed by atoms with Gasteiger partial charge in [-0.15, -0.1) is 12.4 Å². The van der Waals surface area contributed by atoms with Gasteiger partial charge in [-0.1, -0.05) is 18.2 Å². The summed E-state index contributed by atoms with van der Waals surface area (Å²) < 4.78 is 26.7. The topological polar surface area (TPSA) is 78.5 Å². The summed E-state index contributed by atoms with van der Waals surface area (Å²) in [6.45, 7) is 2.69. The highest BCUT2D eigenvalue weighted by molar-refractivity contribution is 7.92. The molecule has 1 heterocycles. The minimum Gasteiger partial charge on any atom is -0.352 e. The van der Waals surface area contributed by atoms with Crippen molar-refractivity contribution >= 4 is 34.0 Å². The molecule has 1 aliphatic heterocycles. The fourth-order valence-electron chi connectivity index (χ4n) is 3.17. The van der Waals surface area contributed by atoms with Gasteiger partial charge in [-0.3, -0.25) is 9.10 Å². The highest BCUT2D eigenvalue weighted by atomic mass is 35.5. The molecule has 2 aromatic rings. The van der Waals surface area contributed by atoms with E-state index in [9.17, 15) is 13.2 Å². The number of amides is 1. The molecular formula is C20H26ClN3O3S. The van der Waals surface area contributed by atoms with E-state index in [4.69, 9.17) is 0 Å². The third kappa shape index (κ3) is 5.25. The molecule has 0 aliphatic carbocycles. The third-order valence-corrected chi connectivity index (χ3v) is 6.69. The summed E-state index contributed by atoms with van der Waals surface area (Å²) >= 11 is 0. The minimum atomic E-state index is -3.67. The second-order valence-corrected chi connectivity index (χ2v) is 8.71. The summed E-state index contributed by atoms with van der Waals surface area (Å²) in [6.07, 6.45) is 2.10. The van der Waals surface area contributed by atoms with Gasteiger partial charge in [0.15, 0.2) is 0 Å². The zero-order valence-electron chi connectivity index (χ0n) is 15.8. The molecule has 0 saturated carbocycles. The smallest absolute Gasteiger partial charge is 0.264 e. The summed E-state index contributed by atoms with van der Waals surface area (Å²) in [6, 6.07) is 14.9. The molecule has 1 aliphatic rings. The number of nitrogens with zero attached hydrogens (tertiary/aromatic N) is 1. The van der Waals surface area contributed by atoms with Crippen molar-refractivity contribution in [3.63, 3.8) is 0 Å². The maximum absolute atomic E-state index is 12.8. The first kappa shape index (κ1) is 22.2. The van der Waals surface area contributed by atoms with Gasteiger partial charge in [0, 0.05) is 19.2 Å². The molecule has 2 aromatic carbocycles. The number of sulfonamides is 1. The first-order chi connectivity index (χ1) is 13.0. The molecule has 152 valence electrons. The van der Waals surface area contributed by atoms with Crippen LogP contribution in [0.2, 0.25) is 0 Å². The Morgan fingerprint density at radius 3 is 2.43 bits per heavy atom. The van der Waals surface area contributed by atoms with E-state index in [1.807, 2.05) is 6.07 Å². The number of para-hydroxylation sites is 1. The van der Waals surface area contributed by atoms with E-state index in [2.05, 4.69) is 10.6 Å². The Morgan fingerprint density at radius 2 is 1.82 bits per heavy atom. The van der Waals surface area contributed by atoms with Crippen molar-refractivity contribution in [2.24, 2.45) is 5.92 Å². The van der Waals surface area contributed by atoms with Crippen molar-refractivity contribution in [2.45, 2.75) is 17.7 Å². The predicted molar refractivity (Wildman–Crippen MR) is 114 cm³/mol. The van der Waals surface area contributed by atoms with Crippen LogP contribution in [-0.2, 0) is 10.0 Å². The quantitative estimate of drug-likeness (QED) is 0.717. The number of benzene rings is 2. The van der Waals surface area contributed by atoms with Gasteiger partial charge in [0.25, 0.3) is 15.9 Å². The van der Waals surface area contributed by atoms with Crippen LogP contribution >= 0.6 is 12.4 Å². The SMILES string of the molecule is CN(c1ccccc1)S(=O)(=O)c1ccc(C(=O)NCCC2CCNC2)cc1.Cl. The van der Waals surface area contributed by atoms with E-state index < -0.39 is 10.0 Å². The van der Waals surface area contributed by atoms with Crippen molar-refractivity contribution in [3.8, 4) is 0 Å². The lowest BCUT2D eigenvalue weighted by atomic mass is 10.1. The maximum Gasteiger partial charge on any atom is 0.264 e. The maximum atomic E-state index is 12.8. The lowest BCUT2D eigenvalue weighted by Gasteiger charge is -2.19. The molecule has 2 N–H and O–H groups in total. The number of hydrogen-bond donors (Lipinski definition) is 2. The number of carbonyl (C=O) groups is 1. The van der Waals surface area contributed by atoms with E-state index >= 15 is 0 Å². The summed E-state index contributed by atoms with van der Waals surface area (Å²) in [4.78, 5) is 12.4. The fourth-order valence-corrected chi connectivity index (χ4v) is 4.36. The number of anilines is 1.